The Balaban J connectivity index is 1.91. The van der Waals surface area contributed by atoms with E-state index in [0.29, 0.717) is 6.04 Å². The quantitative estimate of drug-likeness (QED) is 0.726. The standard InChI is InChI=1S/C23H34N4/c1-5-19(6-2)23-22(20-11-9-8-10-12-20)24-18-27(23)17-21(7-3)26-15-13-25(4)14-16-26/h5,8-12,18,21H,6-7,13-17H2,1-4H3/b19-5+. The van der Waals surface area contributed by atoms with Crippen molar-refractivity contribution < 1.29 is 0 Å². The second kappa shape index (κ2) is 9.34. The first-order valence-electron chi connectivity index (χ1n) is 10.4. The van der Waals surface area contributed by atoms with E-state index in [1.807, 2.05) is 0 Å². The van der Waals surface area contributed by atoms with Gasteiger partial charge in [-0.1, -0.05) is 50.3 Å². The topological polar surface area (TPSA) is 24.3 Å². The first kappa shape index (κ1) is 19.8. The molecule has 4 heteroatoms. The third-order valence-corrected chi connectivity index (χ3v) is 5.85. The van der Waals surface area contributed by atoms with Crippen LogP contribution >= 0.6 is 0 Å². The van der Waals surface area contributed by atoms with Gasteiger partial charge >= 0.3 is 0 Å². The molecule has 1 atom stereocenters. The summed E-state index contributed by atoms with van der Waals surface area (Å²) in [5.74, 6) is 0. The van der Waals surface area contributed by atoms with Gasteiger partial charge in [0.25, 0.3) is 0 Å². The molecule has 0 radical (unpaired) electrons. The second-order valence-electron chi connectivity index (χ2n) is 7.53. The van der Waals surface area contributed by atoms with Gasteiger partial charge < -0.3 is 9.47 Å². The number of aromatic nitrogens is 2. The average Bonchev–Trinajstić information content (AvgIpc) is 3.12. The van der Waals surface area contributed by atoms with Crippen molar-refractivity contribution in [2.24, 2.45) is 0 Å². The monoisotopic (exact) mass is 366 g/mol. The molecule has 4 nitrogen and oxygen atoms in total. The van der Waals surface area contributed by atoms with Gasteiger partial charge in [-0.05, 0) is 32.4 Å². The molecule has 0 aliphatic carbocycles. The number of benzene rings is 1. The van der Waals surface area contributed by atoms with Crippen LogP contribution in [0.2, 0.25) is 0 Å². The largest absolute Gasteiger partial charge is 0.329 e. The third kappa shape index (κ3) is 4.50. The summed E-state index contributed by atoms with van der Waals surface area (Å²) >= 11 is 0. The number of hydrogen-bond acceptors (Lipinski definition) is 3. The van der Waals surface area contributed by atoms with E-state index in [1.54, 1.807) is 0 Å². The molecule has 1 aromatic carbocycles. The second-order valence-corrected chi connectivity index (χ2v) is 7.53. The van der Waals surface area contributed by atoms with Crippen LogP contribution in [0.4, 0.5) is 0 Å². The predicted octanol–water partition coefficient (Wildman–Crippen LogP) is 4.39. The van der Waals surface area contributed by atoms with Gasteiger partial charge in [0.1, 0.15) is 0 Å². The molecule has 27 heavy (non-hydrogen) atoms. The van der Waals surface area contributed by atoms with E-state index >= 15 is 0 Å². The lowest BCUT2D eigenvalue weighted by Crippen LogP contribution is -2.50. The summed E-state index contributed by atoms with van der Waals surface area (Å²) in [6.45, 7) is 12.3. The van der Waals surface area contributed by atoms with Crippen LogP contribution in [0.1, 0.15) is 39.3 Å². The van der Waals surface area contributed by atoms with Crippen molar-refractivity contribution in [3.63, 3.8) is 0 Å². The fraction of sp³-hybridized carbons (Fsp3) is 0.522. The lowest BCUT2D eigenvalue weighted by Gasteiger charge is -2.38. The van der Waals surface area contributed by atoms with Gasteiger partial charge in [-0.15, -0.1) is 0 Å². The molecule has 0 spiro atoms. The number of rotatable bonds is 7. The normalized spacial score (nSPS) is 18.0. The number of hydrogen-bond donors (Lipinski definition) is 0. The number of allylic oxidation sites excluding steroid dienone is 2. The van der Waals surface area contributed by atoms with Crippen LogP contribution in [0.3, 0.4) is 0 Å². The number of piperazine rings is 1. The van der Waals surface area contributed by atoms with Gasteiger partial charge in [0.05, 0.1) is 17.7 Å². The van der Waals surface area contributed by atoms with Gasteiger partial charge in [-0.2, -0.15) is 0 Å². The SMILES string of the molecule is C/C=C(\CC)c1c(-c2ccccc2)ncn1CC(CC)N1CCN(C)CC1. The van der Waals surface area contributed by atoms with E-state index < -0.39 is 0 Å². The Morgan fingerprint density at radius 1 is 1.11 bits per heavy atom. The molecule has 0 amide bonds. The van der Waals surface area contributed by atoms with E-state index in [-0.39, 0.29) is 0 Å². The molecule has 146 valence electrons. The highest BCUT2D eigenvalue weighted by Gasteiger charge is 2.24. The third-order valence-electron chi connectivity index (χ3n) is 5.85. The Hall–Kier alpha value is -1.91. The van der Waals surface area contributed by atoms with Crippen LogP contribution in [-0.4, -0.2) is 58.6 Å². The van der Waals surface area contributed by atoms with Gasteiger partial charge in [0.15, 0.2) is 0 Å². The molecule has 1 fully saturated rings. The van der Waals surface area contributed by atoms with E-state index in [2.05, 4.69) is 84.9 Å². The Kier molecular flexibility index (Phi) is 6.86. The Morgan fingerprint density at radius 2 is 1.81 bits per heavy atom. The van der Waals surface area contributed by atoms with Gasteiger partial charge in [-0.25, -0.2) is 4.98 Å². The van der Waals surface area contributed by atoms with Crippen LogP contribution in [0.5, 0.6) is 0 Å². The Bertz CT molecular complexity index is 739. The molecule has 1 aliphatic rings. The molecular weight excluding hydrogens is 332 g/mol. The van der Waals surface area contributed by atoms with Crippen molar-refractivity contribution in [1.29, 1.82) is 0 Å². The zero-order valence-electron chi connectivity index (χ0n) is 17.4. The maximum atomic E-state index is 4.84. The summed E-state index contributed by atoms with van der Waals surface area (Å²) in [5.41, 5.74) is 4.98. The Labute approximate surface area is 164 Å². The van der Waals surface area contributed by atoms with Crippen molar-refractivity contribution in [2.75, 3.05) is 33.2 Å². The van der Waals surface area contributed by atoms with Gasteiger partial charge in [-0.3, -0.25) is 4.90 Å². The summed E-state index contributed by atoms with van der Waals surface area (Å²) in [6.07, 6.45) is 6.49. The van der Waals surface area contributed by atoms with Crippen molar-refractivity contribution in [3.8, 4) is 11.3 Å². The van der Waals surface area contributed by atoms with Crippen LogP contribution in [0.25, 0.3) is 16.8 Å². The fourth-order valence-electron chi connectivity index (χ4n) is 4.09. The minimum atomic E-state index is 0.560. The van der Waals surface area contributed by atoms with E-state index in [9.17, 15) is 0 Å². The lowest BCUT2D eigenvalue weighted by molar-refractivity contribution is 0.0998. The maximum absolute atomic E-state index is 4.84. The summed E-state index contributed by atoms with van der Waals surface area (Å²) in [4.78, 5) is 9.93. The van der Waals surface area contributed by atoms with Gasteiger partial charge in [0, 0.05) is 44.3 Å². The smallest absolute Gasteiger partial charge is 0.0959 e. The van der Waals surface area contributed by atoms with Crippen molar-refractivity contribution >= 4 is 5.57 Å². The molecule has 0 bridgehead atoms. The number of likely N-dealkylation sites (N-methyl/N-ethyl adjacent to an activating group) is 1. The van der Waals surface area contributed by atoms with Crippen molar-refractivity contribution in [2.45, 2.75) is 46.2 Å². The molecule has 1 saturated heterocycles. The number of nitrogens with zero attached hydrogens (tertiary/aromatic N) is 4. The highest BCUT2D eigenvalue weighted by atomic mass is 15.3. The van der Waals surface area contributed by atoms with Crippen LogP contribution in [0.15, 0.2) is 42.7 Å². The summed E-state index contributed by atoms with van der Waals surface area (Å²) in [7, 11) is 2.22. The molecular formula is C23H34N4. The minimum Gasteiger partial charge on any atom is -0.329 e. The van der Waals surface area contributed by atoms with E-state index in [1.165, 1.54) is 23.3 Å². The van der Waals surface area contributed by atoms with Crippen LogP contribution in [0, 0.1) is 0 Å². The first-order chi connectivity index (χ1) is 13.2. The zero-order valence-corrected chi connectivity index (χ0v) is 17.4. The summed E-state index contributed by atoms with van der Waals surface area (Å²) < 4.78 is 2.40. The molecule has 1 unspecified atom stereocenters. The fourth-order valence-corrected chi connectivity index (χ4v) is 4.09. The molecule has 2 aromatic rings. The van der Waals surface area contributed by atoms with Crippen LogP contribution < -0.4 is 0 Å². The molecule has 1 aliphatic heterocycles. The minimum absolute atomic E-state index is 0.560. The van der Waals surface area contributed by atoms with Crippen LogP contribution in [-0.2, 0) is 6.54 Å². The van der Waals surface area contributed by atoms with Gasteiger partial charge in [0.2, 0.25) is 0 Å². The zero-order chi connectivity index (χ0) is 19.2. The highest BCUT2D eigenvalue weighted by molar-refractivity contribution is 5.77. The van der Waals surface area contributed by atoms with E-state index in [4.69, 9.17) is 4.98 Å². The van der Waals surface area contributed by atoms with Crippen molar-refractivity contribution in [3.05, 3.63) is 48.4 Å². The summed E-state index contributed by atoms with van der Waals surface area (Å²) in [5, 5.41) is 0. The highest BCUT2D eigenvalue weighted by Crippen LogP contribution is 2.30. The Morgan fingerprint density at radius 3 is 2.41 bits per heavy atom. The van der Waals surface area contributed by atoms with E-state index in [0.717, 1.165) is 44.8 Å². The average molecular weight is 367 g/mol. The number of imidazole rings is 1. The van der Waals surface area contributed by atoms with Crippen molar-refractivity contribution in [1.82, 2.24) is 19.4 Å². The lowest BCUT2D eigenvalue weighted by atomic mass is 10.0. The summed E-state index contributed by atoms with van der Waals surface area (Å²) in [6, 6.07) is 11.1. The maximum Gasteiger partial charge on any atom is 0.0959 e. The molecule has 1 aromatic heterocycles. The molecule has 0 N–H and O–H groups in total. The molecule has 2 heterocycles. The molecule has 0 saturated carbocycles. The first-order valence-corrected chi connectivity index (χ1v) is 10.4. The predicted molar refractivity (Wildman–Crippen MR) is 115 cm³/mol. The molecule has 3 rings (SSSR count).